The molecule has 1 aliphatic heterocycles. The zero-order valence-corrected chi connectivity index (χ0v) is 11.2. The highest BCUT2D eigenvalue weighted by Crippen LogP contribution is 2.32. The summed E-state index contributed by atoms with van der Waals surface area (Å²) in [5.74, 6) is 0.553. The van der Waals surface area contributed by atoms with Crippen LogP contribution in [-0.4, -0.2) is 29.3 Å². The Labute approximate surface area is 111 Å². The predicted molar refractivity (Wildman–Crippen MR) is 70.6 cm³/mol. The monoisotopic (exact) mass is 274 g/mol. The van der Waals surface area contributed by atoms with Crippen molar-refractivity contribution in [2.45, 2.75) is 25.8 Å². The fraction of sp³-hybridized carbons (Fsp3) is 0.636. The Morgan fingerprint density at radius 1 is 1.47 bits per heavy atom. The predicted octanol–water partition coefficient (Wildman–Crippen LogP) is 2.35. The van der Waals surface area contributed by atoms with Crippen LogP contribution in [-0.2, 0) is 0 Å². The number of nitrogens with two attached hydrogens (primary N) is 1. The van der Waals surface area contributed by atoms with E-state index in [4.69, 9.17) is 28.9 Å². The van der Waals surface area contributed by atoms with Gasteiger partial charge in [0.1, 0.15) is 0 Å². The molecule has 1 aromatic heterocycles. The molecule has 2 atom stereocenters. The van der Waals surface area contributed by atoms with Crippen molar-refractivity contribution in [2.24, 2.45) is 11.7 Å². The number of rotatable bonds is 2. The third-order valence-corrected chi connectivity index (χ3v) is 3.82. The molecule has 1 aliphatic rings. The second-order valence-electron chi connectivity index (χ2n) is 4.46. The van der Waals surface area contributed by atoms with Gasteiger partial charge in [0.25, 0.3) is 0 Å². The normalized spacial score (nSPS) is 25.1. The van der Waals surface area contributed by atoms with Crippen LogP contribution >= 0.6 is 23.2 Å². The zero-order valence-electron chi connectivity index (χ0n) is 9.74. The molecule has 1 saturated heterocycles. The minimum Gasteiger partial charge on any atom is -0.364 e. The average molecular weight is 275 g/mol. The number of halogens is 2. The van der Waals surface area contributed by atoms with Crippen LogP contribution in [0, 0.1) is 5.92 Å². The lowest BCUT2D eigenvalue weighted by atomic mass is 9.90. The van der Waals surface area contributed by atoms with E-state index in [-0.39, 0.29) is 0 Å². The summed E-state index contributed by atoms with van der Waals surface area (Å²) in [4.78, 5) is 2.21. The van der Waals surface area contributed by atoms with Crippen LogP contribution in [0.2, 0.25) is 10.3 Å². The molecule has 0 spiro atoms. The number of hydrogen-bond acceptors (Lipinski definition) is 4. The highest BCUT2D eigenvalue weighted by molar-refractivity contribution is 6.33. The maximum Gasteiger partial charge on any atom is 0.175 e. The minimum atomic E-state index is 0.293. The summed E-state index contributed by atoms with van der Waals surface area (Å²) in [6, 6.07) is 2.05. The van der Waals surface area contributed by atoms with Crippen molar-refractivity contribution < 1.29 is 0 Å². The molecule has 0 bridgehead atoms. The molecule has 1 fully saturated rings. The molecular weight excluding hydrogens is 259 g/mol. The van der Waals surface area contributed by atoms with Crippen molar-refractivity contribution in [2.75, 3.05) is 18.0 Å². The van der Waals surface area contributed by atoms with Crippen LogP contribution in [0.3, 0.4) is 0 Å². The lowest BCUT2D eigenvalue weighted by Gasteiger charge is -2.41. The van der Waals surface area contributed by atoms with Crippen molar-refractivity contribution in [1.82, 2.24) is 10.2 Å². The van der Waals surface area contributed by atoms with Gasteiger partial charge in [-0.25, -0.2) is 0 Å². The fourth-order valence-corrected chi connectivity index (χ4v) is 2.80. The molecule has 4 nitrogen and oxygen atoms in total. The molecule has 2 heterocycles. The van der Waals surface area contributed by atoms with Gasteiger partial charge in [0.2, 0.25) is 0 Å². The molecule has 0 radical (unpaired) electrons. The molecular formula is C11H16Cl2N4. The lowest BCUT2D eigenvalue weighted by molar-refractivity contribution is 0.349. The molecule has 0 amide bonds. The van der Waals surface area contributed by atoms with Gasteiger partial charge in [-0.05, 0) is 18.8 Å². The van der Waals surface area contributed by atoms with Gasteiger partial charge in [-0.2, -0.15) is 0 Å². The van der Waals surface area contributed by atoms with E-state index in [1.54, 1.807) is 6.07 Å². The Morgan fingerprint density at radius 2 is 2.24 bits per heavy atom. The van der Waals surface area contributed by atoms with E-state index in [9.17, 15) is 0 Å². The number of hydrogen-bond donors (Lipinski definition) is 1. The van der Waals surface area contributed by atoms with E-state index < -0.39 is 0 Å². The van der Waals surface area contributed by atoms with Crippen LogP contribution in [0.4, 0.5) is 5.69 Å². The maximum absolute atomic E-state index is 6.08. The number of anilines is 1. The third kappa shape index (κ3) is 2.64. The topological polar surface area (TPSA) is 55.0 Å². The summed E-state index contributed by atoms with van der Waals surface area (Å²) >= 11 is 12.0. The molecule has 0 aromatic carbocycles. The summed E-state index contributed by atoms with van der Waals surface area (Å²) < 4.78 is 0. The van der Waals surface area contributed by atoms with E-state index in [2.05, 4.69) is 22.0 Å². The first-order valence-electron chi connectivity index (χ1n) is 5.79. The first-order valence-corrected chi connectivity index (χ1v) is 6.54. The molecule has 94 valence electrons. The highest BCUT2D eigenvalue weighted by Gasteiger charge is 2.29. The number of piperidine rings is 1. The molecule has 1 aromatic rings. The lowest BCUT2D eigenvalue weighted by Crippen LogP contribution is -2.49. The van der Waals surface area contributed by atoms with Crippen LogP contribution < -0.4 is 10.6 Å². The molecule has 0 saturated carbocycles. The smallest absolute Gasteiger partial charge is 0.175 e. The SMILES string of the molecule is CC1CCCN(c2cc(Cl)nnc2Cl)C1CN. The molecule has 17 heavy (non-hydrogen) atoms. The van der Waals surface area contributed by atoms with Crippen molar-refractivity contribution in [3.8, 4) is 0 Å². The van der Waals surface area contributed by atoms with Gasteiger partial charge in [0, 0.05) is 25.2 Å². The first-order chi connectivity index (χ1) is 8.13. The fourth-order valence-electron chi connectivity index (χ4n) is 2.45. The van der Waals surface area contributed by atoms with Gasteiger partial charge in [0.05, 0.1) is 5.69 Å². The maximum atomic E-state index is 6.08. The Hall–Kier alpha value is -0.580. The van der Waals surface area contributed by atoms with Gasteiger partial charge < -0.3 is 10.6 Å². The van der Waals surface area contributed by atoms with E-state index in [0.717, 1.165) is 18.7 Å². The molecule has 2 rings (SSSR count). The Kier molecular flexibility index (Phi) is 4.07. The van der Waals surface area contributed by atoms with Crippen LogP contribution in [0.1, 0.15) is 19.8 Å². The Bertz CT molecular complexity index is 399. The standard InChI is InChI=1S/C11H16Cl2N4/c1-7-3-2-4-17(9(7)6-14)8-5-10(12)15-16-11(8)13/h5,7,9H,2-4,6,14H2,1H3. The molecule has 2 unspecified atom stereocenters. The van der Waals surface area contributed by atoms with Crippen molar-refractivity contribution in [3.05, 3.63) is 16.4 Å². The average Bonchev–Trinajstić information content (AvgIpc) is 2.32. The quantitative estimate of drug-likeness (QED) is 0.900. The van der Waals surface area contributed by atoms with Crippen LogP contribution in [0.25, 0.3) is 0 Å². The van der Waals surface area contributed by atoms with Crippen molar-refractivity contribution in [3.63, 3.8) is 0 Å². The van der Waals surface area contributed by atoms with Gasteiger partial charge in [-0.15, -0.1) is 10.2 Å². The van der Waals surface area contributed by atoms with E-state index in [1.807, 2.05) is 0 Å². The molecule has 0 aliphatic carbocycles. The van der Waals surface area contributed by atoms with Gasteiger partial charge in [-0.3, -0.25) is 0 Å². The van der Waals surface area contributed by atoms with Crippen molar-refractivity contribution >= 4 is 28.9 Å². The highest BCUT2D eigenvalue weighted by atomic mass is 35.5. The number of nitrogens with zero attached hydrogens (tertiary/aromatic N) is 3. The van der Waals surface area contributed by atoms with Crippen LogP contribution in [0.5, 0.6) is 0 Å². The number of aromatic nitrogens is 2. The summed E-state index contributed by atoms with van der Waals surface area (Å²) in [6.07, 6.45) is 2.33. The molecule has 6 heteroatoms. The second-order valence-corrected chi connectivity index (χ2v) is 5.20. The Morgan fingerprint density at radius 3 is 2.94 bits per heavy atom. The second kappa shape index (κ2) is 5.38. The van der Waals surface area contributed by atoms with Gasteiger partial charge in [-0.1, -0.05) is 30.1 Å². The van der Waals surface area contributed by atoms with Crippen LogP contribution in [0.15, 0.2) is 6.07 Å². The summed E-state index contributed by atoms with van der Waals surface area (Å²) in [6.45, 7) is 3.76. The summed E-state index contributed by atoms with van der Waals surface area (Å²) in [7, 11) is 0. The van der Waals surface area contributed by atoms with E-state index >= 15 is 0 Å². The largest absolute Gasteiger partial charge is 0.364 e. The van der Waals surface area contributed by atoms with E-state index in [0.29, 0.717) is 28.8 Å². The Balaban J connectivity index is 2.33. The summed E-state index contributed by atoms with van der Waals surface area (Å²) in [5, 5.41) is 8.33. The molecule has 2 N–H and O–H groups in total. The minimum absolute atomic E-state index is 0.293. The van der Waals surface area contributed by atoms with Gasteiger partial charge >= 0.3 is 0 Å². The van der Waals surface area contributed by atoms with Gasteiger partial charge in [0.15, 0.2) is 10.3 Å². The first kappa shape index (κ1) is 12.9. The third-order valence-electron chi connectivity index (χ3n) is 3.37. The van der Waals surface area contributed by atoms with E-state index in [1.165, 1.54) is 6.42 Å². The zero-order chi connectivity index (χ0) is 12.4. The van der Waals surface area contributed by atoms with Crippen molar-refractivity contribution in [1.29, 1.82) is 0 Å². The summed E-state index contributed by atoms with van der Waals surface area (Å²) in [5.41, 5.74) is 6.70.